The molecule has 0 fully saturated rings. The van der Waals surface area contributed by atoms with Gasteiger partial charge in [0.1, 0.15) is 16.6 Å². The van der Waals surface area contributed by atoms with E-state index >= 15 is 0 Å². The van der Waals surface area contributed by atoms with Crippen LogP contribution < -0.4 is 10.1 Å². The number of anilines is 1. The third-order valence-corrected chi connectivity index (χ3v) is 5.76. The van der Waals surface area contributed by atoms with Gasteiger partial charge in [-0.25, -0.2) is 9.07 Å². The topological polar surface area (TPSA) is 74.0 Å². The summed E-state index contributed by atoms with van der Waals surface area (Å²) < 4.78 is 23.0. The second-order valence-corrected chi connectivity index (χ2v) is 8.27. The fourth-order valence-electron chi connectivity index (χ4n) is 2.82. The lowest BCUT2D eigenvalue weighted by Crippen LogP contribution is -2.15. The van der Waals surface area contributed by atoms with Crippen molar-refractivity contribution in [3.63, 3.8) is 0 Å². The Balaban J connectivity index is 1.39. The molecule has 0 aliphatic carbocycles. The molecule has 4 aromatic rings. The number of aromatic nitrogens is 4. The lowest BCUT2D eigenvalue weighted by Gasteiger charge is -2.08. The van der Waals surface area contributed by atoms with E-state index in [4.69, 9.17) is 27.9 Å². The van der Waals surface area contributed by atoms with Crippen LogP contribution in [0, 0.1) is 5.82 Å². The van der Waals surface area contributed by atoms with E-state index in [1.807, 2.05) is 0 Å². The van der Waals surface area contributed by atoms with Crippen molar-refractivity contribution in [3.8, 4) is 5.75 Å². The van der Waals surface area contributed by atoms with Gasteiger partial charge >= 0.3 is 0 Å². The van der Waals surface area contributed by atoms with Crippen molar-refractivity contribution in [2.45, 2.75) is 13.3 Å². The Kier molecular flexibility index (Phi) is 6.78. The monoisotopic (exact) mass is 537 g/mol. The summed E-state index contributed by atoms with van der Waals surface area (Å²) in [5.74, 6) is -0.0780. The zero-order chi connectivity index (χ0) is 22.7. The number of rotatable bonds is 7. The highest BCUT2D eigenvalue weighted by atomic mass is 79.9. The number of hydrogen-bond donors (Lipinski definition) is 1. The number of carbonyl (C=O) groups is 1. The Labute approximate surface area is 200 Å². The minimum absolute atomic E-state index is 0.0360. The quantitative estimate of drug-likeness (QED) is 0.331. The van der Waals surface area contributed by atoms with Gasteiger partial charge in [-0.15, -0.1) is 0 Å². The average molecular weight is 539 g/mol. The zero-order valence-electron chi connectivity index (χ0n) is 16.3. The van der Waals surface area contributed by atoms with Gasteiger partial charge in [-0.2, -0.15) is 10.2 Å². The van der Waals surface area contributed by atoms with Crippen LogP contribution in [0.2, 0.25) is 10.0 Å². The van der Waals surface area contributed by atoms with Crippen LogP contribution >= 0.6 is 39.1 Å². The minimum Gasteiger partial charge on any atom is -0.470 e. The van der Waals surface area contributed by atoms with Crippen molar-refractivity contribution < 1.29 is 13.9 Å². The summed E-state index contributed by atoms with van der Waals surface area (Å²) in [6, 6.07) is 13.0. The highest BCUT2D eigenvalue weighted by Crippen LogP contribution is 2.31. The zero-order valence-corrected chi connectivity index (χ0v) is 19.4. The molecule has 2 heterocycles. The third kappa shape index (κ3) is 5.12. The van der Waals surface area contributed by atoms with Crippen LogP contribution in [-0.2, 0) is 13.3 Å². The predicted octanol–water partition coefficient (Wildman–Crippen LogP) is 5.63. The fraction of sp³-hybridized carbons (Fsp3) is 0.0952. The van der Waals surface area contributed by atoms with E-state index in [1.165, 1.54) is 15.4 Å². The second-order valence-electron chi connectivity index (χ2n) is 6.63. The standard InChI is InChI=1S/C21H15BrCl2FN5O2/c22-14-11-30(10-13-4-1-2-6-16(13)25)28-20(14)26-21(31)17-8-9-29(27-17)12-32-18-7-3-5-15(23)19(18)24/h1-9,11H,10,12H2,(H,26,28,31). The molecule has 1 N–H and O–H groups in total. The van der Waals surface area contributed by atoms with Crippen molar-refractivity contribution in [3.05, 3.63) is 92.5 Å². The van der Waals surface area contributed by atoms with Gasteiger partial charge in [-0.3, -0.25) is 9.48 Å². The summed E-state index contributed by atoms with van der Waals surface area (Å²) in [5, 5.41) is 11.9. The molecule has 0 aliphatic rings. The molecule has 0 unspecified atom stereocenters. The van der Waals surface area contributed by atoms with E-state index in [-0.39, 0.29) is 24.8 Å². The summed E-state index contributed by atoms with van der Waals surface area (Å²) in [6.45, 7) is 0.257. The first kappa shape index (κ1) is 22.3. The second kappa shape index (κ2) is 9.72. The normalized spacial score (nSPS) is 10.9. The van der Waals surface area contributed by atoms with Crippen LogP contribution in [-0.4, -0.2) is 25.5 Å². The first-order valence-electron chi connectivity index (χ1n) is 9.28. The van der Waals surface area contributed by atoms with Gasteiger partial charge in [-0.05, 0) is 40.2 Å². The van der Waals surface area contributed by atoms with Crippen LogP contribution in [0.1, 0.15) is 16.1 Å². The first-order chi connectivity index (χ1) is 15.4. The maximum atomic E-state index is 13.9. The third-order valence-electron chi connectivity index (χ3n) is 4.38. The highest BCUT2D eigenvalue weighted by Gasteiger charge is 2.15. The van der Waals surface area contributed by atoms with Gasteiger partial charge in [0, 0.05) is 18.0 Å². The Bertz CT molecular complexity index is 1280. The van der Waals surface area contributed by atoms with Gasteiger partial charge in [0.05, 0.1) is 16.0 Å². The van der Waals surface area contributed by atoms with E-state index in [1.54, 1.807) is 54.9 Å². The number of amides is 1. The predicted molar refractivity (Wildman–Crippen MR) is 123 cm³/mol. The minimum atomic E-state index is -0.457. The van der Waals surface area contributed by atoms with Crippen molar-refractivity contribution in [1.82, 2.24) is 19.6 Å². The molecule has 2 aromatic heterocycles. The molecule has 0 spiro atoms. The van der Waals surface area contributed by atoms with Crippen LogP contribution in [0.25, 0.3) is 0 Å². The molecule has 0 atom stereocenters. The Morgan fingerprint density at radius 1 is 1.09 bits per heavy atom. The fourth-order valence-corrected chi connectivity index (χ4v) is 3.58. The van der Waals surface area contributed by atoms with E-state index in [9.17, 15) is 9.18 Å². The lowest BCUT2D eigenvalue weighted by molar-refractivity contribution is 0.101. The van der Waals surface area contributed by atoms with Crippen molar-refractivity contribution in [1.29, 1.82) is 0 Å². The Morgan fingerprint density at radius 3 is 2.72 bits per heavy atom. The maximum Gasteiger partial charge on any atom is 0.277 e. The molecule has 0 aliphatic heterocycles. The van der Waals surface area contributed by atoms with Gasteiger partial charge in [0.2, 0.25) is 0 Å². The molecule has 0 radical (unpaired) electrons. The molecule has 11 heteroatoms. The van der Waals surface area contributed by atoms with E-state index in [0.29, 0.717) is 31.6 Å². The molecule has 2 aromatic carbocycles. The smallest absolute Gasteiger partial charge is 0.277 e. The van der Waals surface area contributed by atoms with Gasteiger partial charge in [-0.1, -0.05) is 47.5 Å². The molecular formula is C21H15BrCl2FN5O2. The number of ether oxygens (including phenoxy) is 1. The number of carbonyl (C=O) groups excluding carboxylic acids is 1. The van der Waals surface area contributed by atoms with E-state index < -0.39 is 5.91 Å². The highest BCUT2D eigenvalue weighted by molar-refractivity contribution is 9.10. The van der Waals surface area contributed by atoms with Crippen LogP contribution in [0.5, 0.6) is 5.75 Å². The number of benzene rings is 2. The number of nitrogens with one attached hydrogen (secondary N) is 1. The molecule has 7 nitrogen and oxygen atoms in total. The molecule has 164 valence electrons. The van der Waals surface area contributed by atoms with Crippen molar-refractivity contribution in [2.24, 2.45) is 0 Å². The molecule has 0 saturated heterocycles. The number of nitrogens with zero attached hydrogens (tertiary/aromatic N) is 4. The van der Waals surface area contributed by atoms with Gasteiger partial charge < -0.3 is 10.1 Å². The van der Waals surface area contributed by atoms with Crippen LogP contribution in [0.15, 0.2) is 65.4 Å². The summed E-state index contributed by atoms with van der Waals surface area (Å²) >= 11 is 15.4. The number of hydrogen-bond acceptors (Lipinski definition) is 4. The SMILES string of the molecule is O=C(Nc1nn(Cc2ccccc2F)cc1Br)c1ccn(COc2cccc(Cl)c2Cl)n1. The summed E-state index contributed by atoms with van der Waals surface area (Å²) in [4.78, 5) is 12.6. The van der Waals surface area contributed by atoms with Crippen LogP contribution in [0.3, 0.4) is 0 Å². The molecule has 4 rings (SSSR count). The summed E-state index contributed by atoms with van der Waals surface area (Å²) in [7, 11) is 0. The summed E-state index contributed by atoms with van der Waals surface area (Å²) in [6.07, 6.45) is 3.25. The lowest BCUT2D eigenvalue weighted by atomic mass is 10.2. The van der Waals surface area contributed by atoms with E-state index in [0.717, 1.165) is 0 Å². The molecular weight excluding hydrogens is 524 g/mol. The number of halogens is 4. The average Bonchev–Trinajstić information content (AvgIpc) is 3.38. The van der Waals surface area contributed by atoms with Gasteiger partial charge in [0.25, 0.3) is 5.91 Å². The molecule has 0 saturated carbocycles. The van der Waals surface area contributed by atoms with Crippen LogP contribution in [0.4, 0.5) is 10.2 Å². The molecule has 0 bridgehead atoms. The Hall–Kier alpha value is -2.88. The molecule has 32 heavy (non-hydrogen) atoms. The largest absolute Gasteiger partial charge is 0.470 e. The summed E-state index contributed by atoms with van der Waals surface area (Å²) in [5.41, 5.74) is 0.653. The van der Waals surface area contributed by atoms with Gasteiger partial charge in [0.15, 0.2) is 18.2 Å². The van der Waals surface area contributed by atoms with E-state index in [2.05, 4.69) is 31.4 Å². The molecule has 1 amide bonds. The van der Waals surface area contributed by atoms with Crippen molar-refractivity contribution >= 4 is 50.9 Å². The first-order valence-corrected chi connectivity index (χ1v) is 10.8. The van der Waals surface area contributed by atoms with Crippen molar-refractivity contribution in [2.75, 3.05) is 5.32 Å². The Morgan fingerprint density at radius 2 is 1.91 bits per heavy atom. The maximum absolute atomic E-state index is 13.9.